The molecule has 0 saturated carbocycles. The van der Waals surface area contributed by atoms with Gasteiger partial charge in [0.25, 0.3) is 0 Å². The van der Waals surface area contributed by atoms with Gasteiger partial charge in [0.2, 0.25) is 0 Å². The van der Waals surface area contributed by atoms with Crippen molar-refractivity contribution in [3.05, 3.63) is 64.7 Å². The zero-order valence-electron chi connectivity index (χ0n) is 11.9. The fourth-order valence-electron chi connectivity index (χ4n) is 2.11. The average molecular weight is 355 g/mol. The molecule has 0 fully saturated rings. The van der Waals surface area contributed by atoms with Gasteiger partial charge in [-0.25, -0.2) is 0 Å². The molecule has 2 rings (SSSR count). The van der Waals surface area contributed by atoms with Gasteiger partial charge in [-0.05, 0) is 54.7 Å². The fourth-order valence-corrected chi connectivity index (χ4v) is 2.79. The van der Waals surface area contributed by atoms with Crippen molar-refractivity contribution >= 4 is 15.9 Å². The van der Waals surface area contributed by atoms with Crippen LogP contribution in [0.5, 0.6) is 5.75 Å². The van der Waals surface area contributed by atoms with Gasteiger partial charge >= 0.3 is 6.61 Å². The van der Waals surface area contributed by atoms with Gasteiger partial charge in [0.05, 0.1) is 0 Å². The number of hydrogen-bond acceptors (Lipinski definition) is 1. The van der Waals surface area contributed by atoms with Crippen molar-refractivity contribution < 1.29 is 13.5 Å². The molecule has 4 heteroatoms. The first-order valence-electron chi connectivity index (χ1n) is 6.70. The molecule has 0 aliphatic rings. The smallest absolute Gasteiger partial charge is 0.387 e. The quantitative estimate of drug-likeness (QED) is 0.636. The van der Waals surface area contributed by atoms with Crippen LogP contribution in [0.15, 0.2) is 42.5 Å². The summed E-state index contributed by atoms with van der Waals surface area (Å²) in [5.41, 5.74) is 4.83. The number of alkyl halides is 3. The molecule has 0 radical (unpaired) electrons. The van der Waals surface area contributed by atoms with E-state index in [1.165, 1.54) is 16.7 Å². The zero-order chi connectivity index (χ0) is 15.4. The molecule has 2 aromatic rings. The predicted octanol–water partition coefficient (Wildman–Crippen LogP) is 5.58. The summed E-state index contributed by atoms with van der Waals surface area (Å²) in [5, 5.41) is 0. The van der Waals surface area contributed by atoms with E-state index in [4.69, 9.17) is 0 Å². The number of benzene rings is 2. The maximum absolute atomic E-state index is 12.1. The van der Waals surface area contributed by atoms with Crippen molar-refractivity contribution in [3.63, 3.8) is 0 Å². The van der Waals surface area contributed by atoms with Gasteiger partial charge in [-0.1, -0.05) is 46.3 Å². The molecule has 1 atom stereocenters. The minimum absolute atomic E-state index is 0.139. The van der Waals surface area contributed by atoms with E-state index in [9.17, 15) is 8.78 Å². The van der Waals surface area contributed by atoms with Crippen LogP contribution >= 0.6 is 15.9 Å². The maximum atomic E-state index is 12.1. The van der Waals surface area contributed by atoms with E-state index in [0.29, 0.717) is 0 Å². The lowest BCUT2D eigenvalue weighted by atomic mass is 10.0. The van der Waals surface area contributed by atoms with E-state index in [-0.39, 0.29) is 10.6 Å². The Morgan fingerprint density at radius 2 is 1.67 bits per heavy atom. The van der Waals surface area contributed by atoms with Crippen LogP contribution < -0.4 is 4.74 Å². The highest BCUT2D eigenvalue weighted by atomic mass is 79.9. The summed E-state index contributed by atoms with van der Waals surface area (Å²) in [5.74, 6) is 0.180. The van der Waals surface area contributed by atoms with Crippen LogP contribution in [-0.2, 0) is 6.42 Å². The Hall–Kier alpha value is -1.42. The molecule has 0 aromatic heterocycles. The summed E-state index contributed by atoms with van der Waals surface area (Å²) in [6.45, 7) is 1.40. The summed E-state index contributed by atoms with van der Waals surface area (Å²) in [6, 6.07) is 13.1. The van der Waals surface area contributed by atoms with Crippen LogP contribution in [0, 0.1) is 13.8 Å². The van der Waals surface area contributed by atoms with Crippen molar-refractivity contribution in [2.75, 3.05) is 0 Å². The van der Waals surface area contributed by atoms with Crippen molar-refractivity contribution in [3.8, 4) is 5.75 Å². The second-order valence-corrected chi connectivity index (χ2v) is 6.14. The molecule has 0 heterocycles. The van der Waals surface area contributed by atoms with E-state index in [1.807, 2.05) is 0 Å². The van der Waals surface area contributed by atoms with Gasteiger partial charge in [0.1, 0.15) is 5.75 Å². The third-order valence-electron chi connectivity index (χ3n) is 3.45. The molecule has 0 amide bonds. The van der Waals surface area contributed by atoms with Gasteiger partial charge in [-0.15, -0.1) is 0 Å². The third-order valence-corrected chi connectivity index (χ3v) is 4.31. The topological polar surface area (TPSA) is 9.23 Å². The summed E-state index contributed by atoms with van der Waals surface area (Å²) < 4.78 is 28.6. The molecule has 0 aliphatic heterocycles. The standard InChI is InChI=1S/C17H17BrF2O/c1-11-3-4-13(9-12(11)2)10-16(18)14-5-7-15(8-6-14)21-17(19)20/h3-9,16-17H,10H2,1-2H3. The van der Waals surface area contributed by atoms with Gasteiger partial charge in [0.15, 0.2) is 0 Å². The van der Waals surface area contributed by atoms with E-state index < -0.39 is 6.61 Å². The molecule has 0 aliphatic carbocycles. The second-order valence-electron chi connectivity index (χ2n) is 5.04. The molecule has 112 valence electrons. The first kappa shape index (κ1) is 16.0. The van der Waals surface area contributed by atoms with E-state index >= 15 is 0 Å². The minimum Gasteiger partial charge on any atom is -0.435 e. The predicted molar refractivity (Wildman–Crippen MR) is 84.4 cm³/mol. The Labute approximate surface area is 132 Å². The van der Waals surface area contributed by atoms with Crippen molar-refractivity contribution in [2.24, 2.45) is 0 Å². The molecular weight excluding hydrogens is 338 g/mol. The molecule has 0 N–H and O–H groups in total. The number of halogens is 3. The molecule has 0 bridgehead atoms. The van der Waals surface area contributed by atoms with Crippen molar-refractivity contribution in [1.29, 1.82) is 0 Å². The number of rotatable bonds is 5. The van der Waals surface area contributed by atoms with E-state index in [2.05, 4.69) is 52.7 Å². The van der Waals surface area contributed by atoms with Gasteiger partial charge < -0.3 is 4.74 Å². The Balaban J connectivity index is 2.05. The fraction of sp³-hybridized carbons (Fsp3) is 0.294. The Morgan fingerprint density at radius 3 is 2.24 bits per heavy atom. The van der Waals surface area contributed by atoms with Gasteiger partial charge in [-0.3, -0.25) is 0 Å². The van der Waals surface area contributed by atoms with Crippen LogP contribution in [-0.4, -0.2) is 6.61 Å². The molecule has 1 unspecified atom stereocenters. The minimum atomic E-state index is -2.79. The van der Waals surface area contributed by atoms with Crippen LogP contribution in [0.4, 0.5) is 8.78 Å². The lowest BCUT2D eigenvalue weighted by molar-refractivity contribution is -0.0498. The lowest BCUT2D eigenvalue weighted by Gasteiger charge is -2.12. The van der Waals surface area contributed by atoms with Crippen LogP contribution in [0.3, 0.4) is 0 Å². The van der Waals surface area contributed by atoms with Crippen molar-refractivity contribution in [2.45, 2.75) is 31.7 Å². The molecule has 1 nitrogen and oxygen atoms in total. The summed E-state index contributed by atoms with van der Waals surface area (Å²) in [7, 11) is 0. The zero-order valence-corrected chi connectivity index (χ0v) is 13.5. The first-order chi connectivity index (χ1) is 9.95. The summed E-state index contributed by atoms with van der Waals surface area (Å²) >= 11 is 3.65. The SMILES string of the molecule is Cc1ccc(CC(Br)c2ccc(OC(F)F)cc2)cc1C. The maximum Gasteiger partial charge on any atom is 0.387 e. The second kappa shape index (κ2) is 7.03. The van der Waals surface area contributed by atoms with Crippen LogP contribution in [0.25, 0.3) is 0 Å². The highest BCUT2D eigenvalue weighted by Gasteiger charge is 2.10. The molecule has 0 saturated heterocycles. The third kappa shape index (κ3) is 4.53. The van der Waals surface area contributed by atoms with Crippen molar-refractivity contribution in [1.82, 2.24) is 0 Å². The molecule has 2 aromatic carbocycles. The Bertz CT molecular complexity index is 596. The largest absolute Gasteiger partial charge is 0.435 e. The Kier molecular flexibility index (Phi) is 5.34. The van der Waals surface area contributed by atoms with E-state index in [1.54, 1.807) is 24.3 Å². The van der Waals surface area contributed by atoms with Gasteiger partial charge in [-0.2, -0.15) is 8.78 Å². The molecule has 0 spiro atoms. The average Bonchev–Trinajstić information content (AvgIpc) is 2.43. The normalized spacial score (nSPS) is 12.5. The molecule has 21 heavy (non-hydrogen) atoms. The number of ether oxygens (including phenoxy) is 1. The number of hydrogen-bond donors (Lipinski definition) is 0. The molecular formula is C17H17BrF2O. The lowest BCUT2D eigenvalue weighted by Crippen LogP contribution is -2.02. The monoisotopic (exact) mass is 354 g/mol. The first-order valence-corrected chi connectivity index (χ1v) is 7.62. The highest BCUT2D eigenvalue weighted by molar-refractivity contribution is 9.09. The van der Waals surface area contributed by atoms with Crippen LogP contribution in [0.1, 0.15) is 27.1 Å². The van der Waals surface area contributed by atoms with E-state index in [0.717, 1.165) is 12.0 Å². The van der Waals surface area contributed by atoms with Gasteiger partial charge in [0, 0.05) is 4.83 Å². The summed E-state index contributed by atoms with van der Waals surface area (Å²) in [4.78, 5) is 0.139. The highest BCUT2D eigenvalue weighted by Crippen LogP contribution is 2.29. The Morgan fingerprint density at radius 1 is 1.00 bits per heavy atom. The summed E-state index contributed by atoms with van der Waals surface area (Å²) in [6.07, 6.45) is 0.843. The number of aryl methyl sites for hydroxylation is 2. The van der Waals surface area contributed by atoms with Crippen LogP contribution in [0.2, 0.25) is 0 Å².